The van der Waals surface area contributed by atoms with Crippen LogP contribution < -0.4 is 0 Å². The molecule has 140 valence electrons. The van der Waals surface area contributed by atoms with Crippen LogP contribution in [0.4, 0.5) is 0 Å². The Hall–Kier alpha value is -3.09. The van der Waals surface area contributed by atoms with E-state index in [2.05, 4.69) is 27.3 Å². The van der Waals surface area contributed by atoms with Crippen LogP contribution >= 0.6 is 0 Å². The van der Waals surface area contributed by atoms with Crippen molar-refractivity contribution >= 4 is 5.91 Å². The minimum Gasteiger partial charge on any atom is -0.335 e. The summed E-state index contributed by atoms with van der Waals surface area (Å²) in [5.74, 6) is 0.527. The monoisotopic (exact) mass is 364 g/mol. The van der Waals surface area contributed by atoms with Crippen LogP contribution in [0, 0.1) is 0 Å². The largest absolute Gasteiger partial charge is 0.335 e. The second-order valence-corrected chi connectivity index (χ2v) is 6.54. The fourth-order valence-electron chi connectivity index (χ4n) is 3.06. The van der Waals surface area contributed by atoms with Gasteiger partial charge in [0.1, 0.15) is 0 Å². The second kappa shape index (κ2) is 8.53. The molecule has 0 bridgehead atoms. The maximum atomic E-state index is 13.0. The fraction of sp³-hybridized carbons (Fsp3) is 0.350. The van der Waals surface area contributed by atoms with E-state index in [0.717, 1.165) is 30.4 Å². The molecule has 0 fully saturated rings. The number of tetrazole rings is 1. The highest BCUT2D eigenvalue weighted by molar-refractivity contribution is 5.94. The van der Waals surface area contributed by atoms with Gasteiger partial charge < -0.3 is 4.90 Å². The summed E-state index contributed by atoms with van der Waals surface area (Å²) in [5, 5.41) is 12.0. The topological polar surface area (TPSA) is 76.8 Å². The predicted octanol–water partition coefficient (Wildman–Crippen LogP) is 3.28. The van der Waals surface area contributed by atoms with Crippen LogP contribution in [-0.4, -0.2) is 43.0 Å². The molecule has 0 aliphatic carbocycles. The lowest BCUT2D eigenvalue weighted by Crippen LogP contribution is -2.31. The number of nitrogens with zero attached hydrogens (tertiary/aromatic N) is 6. The summed E-state index contributed by atoms with van der Waals surface area (Å²) in [4.78, 5) is 20.5. The van der Waals surface area contributed by atoms with E-state index >= 15 is 0 Å². The molecule has 0 spiro atoms. The average molecular weight is 364 g/mol. The van der Waals surface area contributed by atoms with Gasteiger partial charge in [-0.3, -0.25) is 9.78 Å². The van der Waals surface area contributed by atoms with Crippen molar-refractivity contribution in [2.45, 2.75) is 32.2 Å². The summed E-state index contributed by atoms with van der Waals surface area (Å²) >= 11 is 0. The van der Waals surface area contributed by atoms with Crippen LogP contribution in [-0.2, 0) is 7.05 Å². The van der Waals surface area contributed by atoms with Crippen molar-refractivity contribution in [3.05, 3.63) is 59.9 Å². The summed E-state index contributed by atoms with van der Waals surface area (Å²) < 4.78 is 0. The smallest absolute Gasteiger partial charge is 0.254 e. The molecule has 0 radical (unpaired) electrons. The van der Waals surface area contributed by atoms with E-state index < -0.39 is 0 Å². The van der Waals surface area contributed by atoms with Gasteiger partial charge in [0.15, 0.2) is 0 Å². The van der Waals surface area contributed by atoms with Gasteiger partial charge in [-0.25, -0.2) is 0 Å². The predicted molar refractivity (Wildman–Crippen MR) is 103 cm³/mol. The van der Waals surface area contributed by atoms with Gasteiger partial charge in [0, 0.05) is 30.6 Å². The lowest BCUT2D eigenvalue weighted by molar-refractivity contribution is 0.0720. The van der Waals surface area contributed by atoms with Crippen molar-refractivity contribution in [2.24, 2.45) is 7.05 Å². The van der Waals surface area contributed by atoms with Crippen molar-refractivity contribution in [3.8, 4) is 11.4 Å². The molecule has 0 aliphatic rings. The quantitative estimate of drug-likeness (QED) is 0.643. The van der Waals surface area contributed by atoms with Gasteiger partial charge in [0.25, 0.3) is 5.91 Å². The van der Waals surface area contributed by atoms with Crippen molar-refractivity contribution in [3.63, 3.8) is 0 Å². The molecule has 1 aromatic carbocycles. The minimum absolute atomic E-state index is 0.00693. The number of rotatable bonds is 7. The zero-order chi connectivity index (χ0) is 19.2. The number of pyridine rings is 1. The first-order chi connectivity index (χ1) is 13.1. The first-order valence-electron chi connectivity index (χ1n) is 9.11. The lowest BCUT2D eigenvalue weighted by Gasteiger charge is -2.28. The maximum absolute atomic E-state index is 13.0. The van der Waals surface area contributed by atoms with Crippen molar-refractivity contribution < 1.29 is 4.79 Å². The Morgan fingerprint density at radius 2 is 2.00 bits per heavy atom. The molecule has 0 saturated heterocycles. The van der Waals surface area contributed by atoms with E-state index in [4.69, 9.17) is 0 Å². The number of hydrogen-bond acceptors (Lipinski definition) is 5. The standard InChI is InChI=1S/C20H24N6O/c1-4-5-8-18(17-7-6-13-21-14-17)25(2)20(27)16-11-9-15(10-12-16)19-22-24-26(3)23-19/h6-7,9-14,18H,4-5,8H2,1-3H3/t18-/m0/s1. The molecule has 0 unspecified atom stereocenters. The SMILES string of the molecule is CCCC[C@@H](c1cccnc1)N(C)C(=O)c1ccc(-c2nnn(C)n2)cc1. The molecule has 3 aromatic rings. The van der Waals surface area contributed by atoms with Crippen LogP contribution in [0.2, 0.25) is 0 Å². The zero-order valence-electron chi connectivity index (χ0n) is 15.9. The van der Waals surface area contributed by atoms with Crippen LogP contribution in [0.3, 0.4) is 0 Å². The number of aryl methyl sites for hydroxylation is 1. The molecule has 2 aromatic heterocycles. The molecular formula is C20H24N6O. The third kappa shape index (κ3) is 4.36. The number of carbonyl (C=O) groups excluding carboxylic acids is 1. The molecular weight excluding hydrogens is 340 g/mol. The summed E-state index contributed by atoms with van der Waals surface area (Å²) in [5.41, 5.74) is 2.52. The third-order valence-electron chi connectivity index (χ3n) is 4.59. The van der Waals surface area contributed by atoms with Crippen molar-refractivity contribution in [1.29, 1.82) is 0 Å². The van der Waals surface area contributed by atoms with Crippen molar-refractivity contribution in [2.75, 3.05) is 7.05 Å². The molecule has 7 nitrogen and oxygen atoms in total. The Labute approximate surface area is 159 Å². The Kier molecular flexibility index (Phi) is 5.90. The van der Waals surface area contributed by atoms with Crippen LogP contribution in [0.15, 0.2) is 48.8 Å². The average Bonchev–Trinajstić information content (AvgIpc) is 3.15. The molecule has 0 N–H and O–H groups in total. The Bertz CT molecular complexity index is 875. The van der Waals surface area contributed by atoms with Crippen LogP contribution in [0.5, 0.6) is 0 Å². The molecule has 2 heterocycles. The van der Waals surface area contributed by atoms with Gasteiger partial charge in [-0.05, 0) is 35.4 Å². The van der Waals surface area contributed by atoms with Crippen LogP contribution in [0.25, 0.3) is 11.4 Å². The molecule has 1 amide bonds. The highest BCUT2D eigenvalue weighted by Crippen LogP contribution is 2.26. The van der Waals surface area contributed by atoms with E-state index in [1.54, 1.807) is 13.2 Å². The third-order valence-corrected chi connectivity index (χ3v) is 4.59. The molecule has 7 heteroatoms. The van der Waals surface area contributed by atoms with E-state index in [1.165, 1.54) is 4.80 Å². The zero-order valence-corrected chi connectivity index (χ0v) is 15.9. The number of aromatic nitrogens is 5. The number of carbonyl (C=O) groups is 1. The molecule has 3 rings (SSSR count). The molecule has 1 atom stereocenters. The van der Waals surface area contributed by atoms with Crippen molar-refractivity contribution in [1.82, 2.24) is 30.1 Å². The highest BCUT2D eigenvalue weighted by Gasteiger charge is 2.22. The summed E-state index contributed by atoms with van der Waals surface area (Å²) in [6, 6.07) is 11.3. The molecule has 27 heavy (non-hydrogen) atoms. The highest BCUT2D eigenvalue weighted by atomic mass is 16.2. The first-order valence-corrected chi connectivity index (χ1v) is 9.11. The van der Waals surface area contributed by atoms with Gasteiger partial charge in [-0.2, -0.15) is 4.80 Å². The number of benzene rings is 1. The van der Waals surface area contributed by atoms with E-state index in [9.17, 15) is 4.79 Å². The summed E-state index contributed by atoms with van der Waals surface area (Å²) in [6.07, 6.45) is 6.63. The van der Waals surface area contributed by atoms with E-state index in [1.807, 2.05) is 54.5 Å². The number of amides is 1. The normalized spacial score (nSPS) is 12.0. The maximum Gasteiger partial charge on any atom is 0.254 e. The van der Waals surface area contributed by atoms with Gasteiger partial charge in [0.05, 0.1) is 13.1 Å². The van der Waals surface area contributed by atoms with Gasteiger partial charge >= 0.3 is 0 Å². The summed E-state index contributed by atoms with van der Waals surface area (Å²) in [7, 11) is 3.58. The Morgan fingerprint density at radius 3 is 2.59 bits per heavy atom. The van der Waals surface area contributed by atoms with Crippen LogP contribution in [0.1, 0.15) is 48.1 Å². The summed E-state index contributed by atoms with van der Waals surface area (Å²) in [6.45, 7) is 2.15. The van der Waals surface area contributed by atoms with E-state index in [-0.39, 0.29) is 11.9 Å². The lowest BCUT2D eigenvalue weighted by atomic mass is 10.0. The van der Waals surface area contributed by atoms with Gasteiger partial charge in [-0.15, -0.1) is 10.2 Å². The minimum atomic E-state index is -0.0152. The fourth-order valence-corrected chi connectivity index (χ4v) is 3.06. The number of unbranched alkanes of at least 4 members (excludes halogenated alkanes) is 1. The first kappa shape index (κ1) is 18.7. The van der Waals surface area contributed by atoms with Gasteiger partial charge in [-0.1, -0.05) is 38.0 Å². The molecule has 0 aliphatic heterocycles. The molecule has 0 saturated carbocycles. The number of hydrogen-bond donors (Lipinski definition) is 0. The Balaban J connectivity index is 1.80. The second-order valence-electron chi connectivity index (χ2n) is 6.54. The van der Waals surface area contributed by atoms with E-state index in [0.29, 0.717) is 11.4 Å². The van der Waals surface area contributed by atoms with Gasteiger partial charge in [0.2, 0.25) is 5.82 Å². The Morgan fingerprint density at radius 1 is 1.22 bits per heavy atom.